The smallest absolute Gasteiger partial charge is 0.341 e. The van der Waals surface area contributed by atoms with Crippen LogP contribution < -0.4 is 5.32 Å². The number of aryl methyl sites for hydroxylation is 1. The van der Waals surface area contributed by atoms with Gasteiger partial charge in [0.05, 0.1) is 11.9 Å². The molecule has 0 unspecified atom stereocenters. The highest BCUT2D eigenvalue weighted by molar-refractivity contribution is 6.01. The van der Waals surface area contributed by atoms with Crippen LogP contribution in [0.25, 0.3) is 16.4 Å². The molecule has 0 bridgehead atoms. The Morgan fingerprint density at radius 3 is 2.51 bits per heavy atom. The summed E-state index contributed by atoms with van der Waals surface area (Å²) in [4.78, 5) is 31.5. The zero-order chi connectivity index (χ0) is 27.1. The van der Waals surface area contributed by atoms with Gasteiger partial charge in [-0.25, -0.2) is 14.2 Å². The van der Waals surface area contributed by atoms with Crippen LogP contribution in [0.5, 0.6) is 0 Å². The van der Waals surface area contributed by atoms with Crippen molar-refractivity contribution in [1.29, 1.82) is 0 Å². The third kappa shape index (κ3) is 4.56. The number of carboxylic acids is 1. The quantitative estimate of drug-likeness (QED) is 0.302. The van der Waals surface area contributed by atoms with Gasteiger partial charge in [-0.3, -0.25) is 4.79 Å². The predicted molar refractivity (Wildman–Crippen MR) is 146 cm³/mol. The van der Waals surface area contributed by atoms with E-state index < -0.39 is 11.8 Å². The maximum atomic E-state index is 14.7. The molecule has 2 N–H and O–H groups in total. The van der Waals surface area contributed by atoms with Crippen LogP contribution in [0.1, 0.15) is 50.6 Å². The van der Waals surface area contributed by atoms with E-state index in [-0.39, 0.29) is 34.2 Å². The second kappa shape index (κ2) is 9.83. The van der Waals surface area contributed by atoms with Crippen molar-refractivity contribution in [3.05, 3.63) is 101 Å². The number of anilines is 2. The number of nitrogens with one attached hydrogen (secondary N) is 1. The first kappa shape index (κ1) is 24.5. The molecule has 1 aliphatic heterocycles. The standard InChI is InChI=1S/C30H26FN5O3/c1-18-6-9-25(31)26(14-18)34-28-23(16-32-27-24(30(38)39)17-33-36(27)28)29(37)35-12-10-20(11-13-35)22-8-7-19-4-2-3-5-21(19)15-22/h2-9,14-17,20,34H,10-13H2,1H3,(H,38,39). The summed E-state index contributed by atoms with van der Waals surface area (Å²) in [6, 6.07) is 19.4. The molecule has 2 aromatic heterocycles. The van der Waals surface area contributed by atoms with E-state index in [2.05, 4.69) is 45.7 Å². The van der Waals surface area contributed by atoms with Crippen molar-refractivity contribution in [3.63, 3.8) is 0 Å². The molecule has 0 atom stereocenters. The number of fused-ring (bicyclic) bond motifs is 2. The normalized spacial score (nSPS) is 14.2. The van der Waals surface area contributed by atoms with Gasteiger partial charge in [-0.15, -0.1) is 0 Å². The summed E-state index contributed by atoms with van der Waals surface area (Å²) in [5.74, 6) is -1.48. The number of rotatable bonds is 5. The molecule has 196 valence electrons. The number of benzene rings is 3. The Morgan fingerprint density at radius 1 is 0.974 bits per heavy atom. The van der Waals surface area contributed by atoms with Gasteiger partial charge < -0.3 is 15.3 Å². The lowest BCUT2D eigenvalue weighted by atomic mass is 9.88. The van der Waals surface area contributed by atoms with Crippen LogP contribution in [0.15, 0.2) is 73.1 Å². The maximum Gasteiger partial charge on any atom is 0.341 e. The summed E-state index contributed by atoms with van der Waals surface area (Å²) in [5.41, 5.74) is 2.37. The lowest BCUT2D eigenvalue weighted by Gasteiger charge is -2.32. The van der Waals surface area contributed by atoms with Crippen molar-refractivity contribution in [2.45, 2.75) is 25.7 Å². The summed E-state index contributed by atoms with van der Waals surface area (Å²) >= 11 is 0. The Bertz CT molecular complexity index is 1740. The molecule has 1 saturated heterocycles. The van der Waals surface area contributed by atoms with Gasteiger partial charge in [-0.2, -0.15) is 9.61 Å². The van der Waals surface area contributed by atoms with Crippen LogP contribution in [0.3, 0.4) is 0 Å². The molecule has 3 heterocycles. The van der Waals surface area contributed by atoms with Crippen LogP contribution in [-0.4, -0.2) is 49.6 Å². The van der Waals surface area contributed by atoms with Crippen LogP contribution in [-0.2, 0) is 0 Å². The summed E-state index contributed by atoms with van der Waals surface area (Å²) in [6.07, 6.45) is 4.13. The van der Waals surface area contributed by atoms with Crippen molar-refractivity contribution < 1.29 is 19.1 Å². The number of carboxylic acid groups (broad SMARTS) is 1. The molecule has 1 aliphatic rings. The number of hydrogen-bond donors (Lipinski definition) is 2. The molecule has 1 amide bonds. The third-order valence-corrected chi connectivity index (χ3v) is 7.39. The summed E-state index contributed by atoms with van der Waals surface area (Å²) in [5, 5.41) is 19.1. The minimum absolute atomic E-state index is 0.0598. The number of nitrogens with zero attached hydrogens (tertiary/aromatic N) is 4. The fourth-order valence-electron chi connectivity index (χ4n) is 5.27. The van der Waals surface area contributed by atoms with E-state index in [1.807, 2.05) is 19.1 Å². The van der Waals surface area contributed by atoms with Gasteiger partial charge in [0.15, 0.2) is 5.65 Å². The largest absolute Gasteiger partial charge is 0.477 e. The number of halogens is 1. The zero-order valence-corrected chi connectivity index (χ0v) is 21.3. The minimum Gasteiger partial charge on any atom is -0.477 e. The number of aromatic carboxylic acids is 1. The number of hydrogen-bond acceptors (Lipinski definition) is 5. The average molecular weight is 524 g/mol. The number of piperidine rings is 1. The first-order valence-electron chi connectivity index (χ1n) is 12.8. The SMILES string of the molecule is Cc1ccc(F)c(Nc2c(C(=O)N3CCC(c4ccc5ccccc5c4)CC3)cnc3c(C(=O)O)cnn23)c1. The lowest BCUT2D eigenvalue weighted by molar-refractivity contribution is 0.0695. The summed E-state index contributed by atoms with van der Waals surface area (Å²) < 4.78 is 15.9. The molecular formula is C30H26FN5O3. The van der Waals surface area contributed by atoms with E-state index in [9.17, 15) is 19.1 Å². The summed E-state index contributed by atoms with van der Waals surface area (Å²) in [6.45, 7) is 2.92. The first-order valence-corrected chi connectivity index (χ1v) is 12.8. The second-order valence-corrected chi connectivity index (χ2v) is 9.90. The predicted octanol–water partition coefficient (Wildman–Crippen LogP) is 5.79. The highest BCUT2D eigenvalue weighted by atomic mass is 19.1. The third-order valence-electron chi connectivity index (χ3n) is 7.39. The fraction of sp³-hybridized carbons (Fsp3) is 0.200. The van der Waals surface area contributed by atoms with Crippen LogP contribution >= 0.6 is 0 Å². The Labute approximate surface area is 223 Å². The second-order valence-electron chi connectivity index (χ2n) is 9.90. The monoisotopic (exact) mass is 523 g/mol. The molecular weight excluding hydrogens is 497 g/mol. The number of amides is 1. The van der Waals surface area contributed by atoms with Gasteiger partial charge in [0, 0.05) is 19.3 Å². The molecule has 0 radical (unpaired) electrons. The maximum absolute atomic E-state index is 14.7. The first-order chi connectivity index (χ1) is 18.9. The molecule has 0 aliphatic carbocycles. The molecule has 1 fully saturated rings. The van der Waals surface area contributed by atoms with Crippen molar-refractivity contribution >= 4 is 39.8 Å². The molecule has 0 spiro atoms. The van der Waals surface area contributed by atoms with Crippen molar-refractivity contribution in [2.24, 2.45) is 0 Å². The van der Waals surface area contributed by atoms with E-state index in [0.29, 0.717) is 19.0 Å². The number of aromatic nitrogens is 3. The van der Waals surface area contributed by atoms with Gasteiger partial charge in [0.1, 0.15) is 22.8 Å². The molecule has 39 heavy (non-hydrogen) atoms. The van der Waals surface area contributed by atoms with Gasteiger partial charge in [0.2, 0.25) is 0 Å². The highest BCUT2D eigenvalue weighted by Gasteiger charge is 2.29. The summed E-state index contributed by atoms with van der Waals surface area (Å²) in [7, 11) is 0. The van der Waals surface area contributed by atoms with E-state index in [4.69, 9.17) is 0 Å². The van der Waals surface area contributed by atoms with E-state index >= 15 is 0 Å². The molecule has 5 aromatic rings. The van der Waals surface area contributed by atoms with Crippen molar-refractivity contribution in [2.75, 3.05) is 18.4 Å². The Morgan fingerprint density at radius 2 is 1.74 bits per heavy atom. The fourth-order valence-corrected chi connectivity index (χ4v) is 5.27. The van der Waals surface area contributed by atoms with Crippen LogP contribution in [0.2, 0.25) is 0 Å². The lowest BCUT2D eigenvalue weighted by Crippen LogP contribution is -2.38. The van der Waals surface area contributed by atoms with E-state index in [1.165, 1.54) is 39.3 Å². The van der Waals surface area contributed by atoms with Gasteiger partial charge >= 0.3 is 5.97 Å². The topological polar surface area (TPSA) is 99.8 Å². The number of carbonyl (C=O) groups is 2. The van der Waals surface area contributed by atoms with Crippen LogP contribution in [0.4, 0.5) is 15.9 Å². The zero-order valence-electron chi connectivity index (χ0n) is 21.3. The molecule has 3 aromatic carbocycles. The molecule has 6 rings (SSSR count). The Hall–Kier alpha value is -4.79. The molecule has 0 saturated carbocycles. The Kier molecular flexibility index (Phi) is 6.18. The van der Waals surface area contributed by atoms with Crippen molar-refractivity contribution in [3.8, 4) is 0 Å². The molecule has 9 heteroatoms. The Balaban J connectivity index is 1.30. The van der Waals surface area contributed by atoms with Crippen LogP contribution in [0, 0.1) is 12.7 Å². The number of carbonyl (C=O) groups excluding carboxylic acids is 1. The average Bonchev–Trinajstić information content (AvgIpc) is 3.40. The minimum atomic E-state index is -1.19. The molecule has 8 nitrogen and oxygen atoms in total. The van der Waals surface area contributed by atoms with E-state index in [1.54, 1.807) is 17.0 Å². The highest BCUT2D eigenvalue weighted by Crippen LogP contribution is 2.32. The van der Waals surface area contributed by atoms with Gasteiger partial charge in [-0.1, -0.05) is 48.5 Å². The van der Waals surface area contributed by atoms with Crippen molar-refractivity contribution in [1.82, 2.24) is 19.5 Å². The van der Waals surface area contributed by atoms with Gasteiger partial charge in [-0.05, 0) is 59.7 Å². The number of likely N-dealkylation sites (tertiary alicyclic amines) is 1. The van der Waals surface area contributed by atoms with E-state index in [0.717, 1.165) is 18.4 Å². The van der Waals surface area contributed by atoms with Gasteiger partial charge in [0.25, 0.3) is 5.91 Å².